The maximum atomic E-state index is 12.4. The number of carbonyl (C=O) groups is 1. The fourth-order valence-electron chi connectivity index (χ4n) is 1.85. The molecule has 0 aliphatic rings. The number of hydrogen-bond acceptors (Lipinski definition) is 3. The molecule has 0 aliphatic heterocycles. The van der Waals surface area contributed by atoms with E-state index >= 15 is 0 Å². The average Bonchev–Trinajstić information content (AvgIpc) is 2.87. The number of benzene rings is 1. The molecule has 1 N–H and O–H groups in total. The van der Waals surface area contributed by atoms with Crippen molar-refractivity contribution in [1.82, 2.24) is 9.78 Å². The van der Waals surface area contributed by atoms with Crippen LogP contribution in [0.15, 0.2) is 36.5 Å². The normalized spacial score (nSPS) is 11.5. The first-order valence-electron chi connectivity index (χ1n) is 6.37. The lowest BCUT2D eigenvalue weighted by atomic mass is 10.2. The number of hydrogen-bond donors (Lipinski definition) is 1. The minimum atomic E-state index is -4.52. The number of nitrogens with one attached hydrogen (secondary N) is 1. The zero-order chi connectivity index (χ0) is 16.2. The van der Waals surface area contributed by atoms with Gasteiger partial charge in [0.25, 0.3) is 0 Å². The summed E-state index contributed by atoms with van der Waals surface area (Å²) < 4.78 is 43.2. The first-order valence-corrected chi connectivity index (χ1v) is 6.37. The second kappa shape index (κ2) is 6.61. The summed E-state index contributed by atoms with van der Waals surface area (Å²) in [5, 5.41) is 5.92. The molecule has 0 bridgehead atoms. The van der Waals surface area contributed by atoms with Crippen molar-refractivity contribution in [3.05, 3.63) is 47.8 Å². The Morgan fingerprint density at radius 3 is 2.77 bits per heavy atom. The Bertz CT molecular complexity index is 653. The summed E-state index contributed by atoms with van der Waals surface area (Å²) in [5.41, 5.74) is 0.392. The summed E-state index contributed by atoms with van der Waals surface area (Å²) in [4.78, 5) is 11.8. The number of ether oxygens (including phenoxy) is 1. The van der Waals surface area contributed by atoms with Gasteiger partial charge < -0.3 is 10.1 Å². The number of alkyl halides is 3. The molecular weight excluding hydrogens is 299 g/mol. The molecule has 0 radical (unpaired) electrons. The third-order valence-electron chi connectivity index (χ3n) is 2.76. The van der Waals surface area contributed by atoms with Crippen molar-refractivity contribution in [2.45, 2.75) is 19.3 Å². The molecule has 0 saturated carbocycles. The van der Waals surface area contributed by atoms with E-state index in [1.165, 1.54) is 0 Å². The van der Waals surface area contributed by atoms with E-state index in [4.69, 9.17) is 4.74 Å². The zero-order valence-corrected chi connectivity index (χ0v) is 11.7. The minimum Gasteiger partial charge on any atom is -0.380 e. The first kappa shape index (κ1) is 16.0. The molecule has 22 heavy (non-hydrogen) atoms. The Balaban J connectivity index is 1.98. The molecule has 118 valence electrons. The molecule has 0 atom stereocenters. The molecule has 1 aromatic carbocycles. The molecule has 1 aromatic heterocycles. The molecular formula is C14H14F3N3O2. The third-order valence-corrected chi connectivity index (χ3v) is 2.76. The van der Waals surface area contributed by atoms with Crippen LogP contribution in [0, 0.1) is 0 Å². The van der Waals surface area contributed by atoms with Crippen LogP contribution in [0.1, 0.15) is 11.3 Å². The van der Waals surface area contributed by atoms with Crippen LogP contribution in [0.5, 0.6) is 0 Å². The lowest BCUT2D eigenvalue weighted by molar-refractivity contribution is -0.141. The summed E-state index contributed by atoms with van der Waals surface area (Å²) in [7, 11) is 1.56. The highest BCUT2D eigenvalue weighted by Gasteiger charge is 2.33. The van der Waals surface area contributed by atoms with Crippen LogP contribution in [-0.4, -0.2) is 22.8 Å². The summed E-state index contributed by atoms with van der Waals surface area (Å²) in [5.74, 6) is -0.466. The lowest BCUT2D eigenvalue weighted by Crippen LogP contribution is -2.19. The number of methoxy groups -OCH3 is 1. The highest BCUT2D eigenvalue weighted by atomic mass is 19.4. The fourth-order valence-corrected chi connectivity index (χ4v) is 1.85. The lowest BCUT2D eigenvalue weighted by Gasteiger charge is -2.07. The second-order valence-electron chi connectivity index (χ2n) is 4.58. The molecule has 8 heteroatoms. The smallest absolute Gasteiger partial charge is 0.380 e. The van der Waals surface area contributed by atoms with Crippen molar-refractivity contribution in [3.63, 3.8) is 0 Å². The Labute approximate surface area is 124 Å². The van der Waals surface area contributed by atoms with Gasteiger partial charge in [0.05, 0.1) is 6.61 Å². The molecule has 0 aliphatic carbocycles. The predicted molar refractivity (Wildman–Crippen MR) is 73.0 cm³/mol. The number of halogens is 3. The summed E-state index contributed by atoms with van der Waals surface area (Å²) in [6, 6.07) is 7.82. The molecule has 5 nitrogen and oxygen atoms in total. The van der Waals surface area contributed by atoms with Crippen LogP contribution in [0.2, 0.25) is 0 Å². The van der Waals surface area contributed by atoms with Crippen LogP contribution in [-0.2, 0) is 28.9 Å². The van der Waals surface area contributed by atoms with Crippen LogP contribution in [0.3, 0.4) is 0 Å². The number of nitrogens with zero attached hydrogens (tertiary/aromatic N) is 2. The van der Waals surface area contributed by atoms with Crippen molar-refractivity contribution in [3.8, 4) is 0 Å². The van der Waals surface area contributed by atoms with E-state index in [-0.39, 0.29) is 6.54 Å². The average molecular weight is 313 g/mol. The van der Waals surface area contributed by atoms with Gasteiger partial charge >= 0.3 is 6.18 Å². The maximum absolute atomic E-state index is 12.4. The van der Waals surface area contributed by atoms with Crippen LogP contribution in [0.4, 0.5) is 18.9 Å². The number of carbonyl (C=O) groups excluding carboxylic acids is 1. The van der Waals surface area contributed by atoms with Gasteiger partial charge in [0.15, 0.2) is 5.69 Å². The van der Waals surface area contributed by atoms with Gasteiger partial charge in [0.1, 0.15) is 6.54 Å². The zero-order valence-electron chi connectivity index (χ0n) is 11.7. The Morgan fingerprint density at radius 2 is 2.14 bits per heavy atom. The topological polar surface area (TPSA) is 56.1 Å². The summed E-state index contributed by atoms with van der Waals surface area (Å²) in [6.45, 7) is 0.0996. The Hall–Kier alpha value is -2.35. The van der Waals surface area contributed by atoms with E-state index in [1.807, 2.05) is 6.07 Å². The van der Waals surface area contributed by atoms with E-state index in [1.54, 1.807) is 25.3 Å². The second-order valence-corrected chi connectivity index (χ2v) is 4.58. The predicted octanol–water partition coefficient (Wildman–Crippen LogP) is 2.69. The Kier molecular flexibility index (Phi) is 4.81. The Morgan fingerprint density at radius 1 is 1.36 bits per heavy atom. The van der Waals surface area contributed by atoms with Crippen molar-refractivity contribution in [2.24, 2.45) is 0 Å². The number of rotatable bonds is 5. The standard InChI is InChI=1S/C14H14F3N3O2/c1-22-9-10-3-2-4-11(7-10)18-13(21)8-20-6-5-12(19-20)14(15,16)17/h2-7H,8-9H2,1H3,(H,18,21). The van der Waals surface area contributed by atoms with Gasteiger partial charge in [0, 0.05) is 19.0 Å². The van der Waals surface area contributed by atoms with Gasteiger partial charge in [-0.25, -0.2) is 0 Å². The van der Waals surface area contributed by atoms with Crippen LogP contribution >= 0.6 is 0 Å². The highest BCUT2D eigenvalue weighted by molar-refractivity contribution is 5.90. The summed E-state index contributed by atoms with van der Waals surface area (Å²) >= 11 is 0. The monoisotopic (exact) mass is 313 g/mol. The quantitative estimate of drug-likeness (QED) is 0.923. The summed E-state index contributed by atoms with van der Waals surface area (Å²) in [6.07, 6.45) is -3.40. The van der Waals surface area contributed by atoms with Crippen LogP contribution < -0.4 is 5.32 Å². The van der Waals surface area contributed by atoms with Gasteiger partial charge in [-0.2, -0.15) is 18.3 Å². The highest BCUT2D eigenvalue weighted by Crippen LogP contribution is 2.27. The first-order chi connectivity index (χ1) is 10.4. The molecule has 2 aromatic rings. The van der Waals surface area contributed by atoms with Gasteiger partial charge in [-0.1, -0.05) is 12.1 Å². The van der Waals surface area contributed by atoms with E-state index in [2.05, 4.69) is 10.4 Å². The molecule has 0 spiro atoms. The van der Waals surface area contributed by atoms with Gasteiger partial charge in [-0.05, 0) is 23.8 Å². The van der Waals surface area contributed by atoms with E-state index < -0.39 is 17.8 Å². The molecule has 0 unspecified atom stereocenters. The van der Waals surface area contributed by atoms with Crippen molar-refractivity contribution in [2.75, 3.05) is 12.4 Å². The SMILES string of the molecule is COCc1cccc(NC(=O)Cn2ccc(C(F)(F)F)n2)c1. The fraction of sp³-hybridized carbons (Fsp3) is 0.286. The number of anilines is 1. The number of aromatic nitrogens is 2. The van der Waals surface area contributed by atoms with E-state index in [0.29, 0.717) is 12.3 Å². The molecule has 2 rings (SSSR count). The molecule has 0 saturated heterocycles. The largest absolute Gasteiger partial charge is 0.435 e. The van der Waals surface area contributed by atoms with E-state index in [9.17, 15) is 18.0 Å². The number of amides is 1. The van der Waals surface area contributed by atoms with Crippen molar-refractivity contribution >= 4 is 11.6 Å². The van der Waals surface area contributed by atoms with Gasteiger partial charge in [0.2, 0.25) is 5.91 Å². The molecule has 1 heterocycles. The van der Waals surface area contributed by atoms with Gasteiger partial charge in [-0.3, -0.25) is 9.48 Å². The van der Waals surface area contributed by atoms with E-state index in [0.717, 1.165) is 22.5 Å². The van der Waals surface area contributed by atoms with Crippen molar-refractivity contribution < 1.29 is 22.7 Å². The molecule has 0 fully saturated rings. The minimum absolute atomic E-state index is 0.301. The third kappa shape index (κ3) is 4.32. The van der Waals surface area contributed by atoms with Gasteiger partial charge in [-0.15, -0.1) is 0 Å². The maximum Gasteiger partial charge on any atom is 0.435 e. The van der Waals surface area contributed by atoms with Crippen LogP contribution in [0.25, 0.3) is 0 Å². The van der Waals surface area contributed by atoms with Crippen molar-refractivity contribution in [1.29, 1.82) is 0 Å². The molecule has 1 amide bonds.